The molecule has 0 N–H and O–H groups in total. The van der Waals surface area contributed by atoms with Gasteiger partial charge in [-0.3, -0.25) is 0 Å². The summed E-state index contributed by atoms with van der Waals surface area (Å²) in [5, 5.41) is 0. The van der Waals surface area contributed by atoms with E-state index in [1.54, 1.807) is 7.11 Å². The highest BCUT2D eigenvalue weighted by molar-refractivity contribution is 5.61. The van der Waals surface area contributed by atoms with Crippen molar-refractivity contribution < 1.29 is 4.74 Å². The van der Waals surface area contributed by atoms with Gasteiger partial charge in [0.25, 0.3) is 0 Å². The molecule has 3 heteroatoms. The molecule has 0 aliphatic rings. The molecule has 0 radical (unpaired) electrons. The van der Waals surface area contributed by atoms with Gasteiger partial charge in [0.1, 0.15) is 5.75 Å². The first kappa shape index (κ1) is 17.3. The van der Waals surface area contributed by atoms with Crippen LogP contribution < -0.4 is 4.74 Å². The molecule has 3 rings (SSSR count). The number of hydrogen-bond donors (Lipinski definition) is 0. The smallest absolute Gasteiger partial charge is 0.122 e. The summed E-state index contributed by atoms with van der Waals surface area (Å²) in [5.74, 6) is 1.54. The summed E-state index contributed by atoms with van der Waals surface area (Å²) in [6.45, 7) is 5.42. The standard InChI is InChI=1S/C22H26N2O/c1-17(2)15-20-22(19-10-5-4-6-11-19)23-16-24(20)14-13-18-9-7-8-12-21(18)25-3/h4-12,16-17H,13-15H2,1-3H3. The van der Waals surface area contributed by atoms with Crippen molar-refractivity contribution in [1.82, 2.24) is 9.55 Å². The van der Waals surface area contributed by atoms with Gasteiger partial charge in [-0.1, -0.05) is 62.4 Å². The van der Waals surface area contributed by atoms with Crippen LogP contribution in [0.5, 0.6) is 5.75 Å². The molecular weight excluding hydrogens is 308 g/mol. The summed E-state index contributed by atoms with van der Waals surface area (Å²) in [7, 11) is 1.73. The molecule has 1 heterocycles. The highest BCUT2D eigenvalue weighted by Crippen LogP contribution is 2.25. The SMILES string of the molecule is COc1ccccc1CCn1cnc(-c2ccccc2)c1CC(C)C. The minimum absolute atomic E-state index is 0.587. The number of imidazole rings is 1. The first-order valence-electron chi connectivity index (χ1n) is 8.90. The number of aryl methyl sites for hydroxylation is 2. The van der Waals surface area contributed by atoms with Gasteiger partial charge in [0.2, 0.25) is 0 Å². The molecule has 0 saturated heterocycles. The molecule has 3 nitrogen and oxygen atoms in total. The second kappa shape index (κ2) is 8.02. The molecule has 0 amide bonds. The van der Waals surface area contributed by atoms with Crippen molar-refractivity contribution in [1.29, 1.82) is 0 Å². The Morgan fingerprint density at radius 2 is 1.72 bits per heavy atom. The average molecular weight is 334 g/mol. The van der Waals surface area contributed by atoms with Gasteiger partial charge in [0.05, 0.1) is 19.1 Å². The Morgan fingerprint density at radius 3 is 2.44 bits per heavy atom. The summed E-state index contributed by atoms with van der Waals surface area (Å²) < 4.78 is 7.78. The van der Waals surface area contributed by atoms with Gasteiger partial charge in [-0.25, -0.2) is 4.98 Å². The summed E-state index contributed by atoms with van der Waals surface area (Å²) in [4.78, 5) is 4.73. The van der Waals surface area contributed by atoms with Crippen molar-refractivity contribution in [2.24, 2.45) is 5.92 Å². The van der Waals surface area contributed by atoms with Crippen LogP contribution in [0.2, 0.25) is 0 Å². The normalized spacial score (nSPS) is 11.0. The summed E-state index contributed by atoms with van der Waals surface area (Å²) in [6.07, 6.45) is 3.94. The Balaban J connectivity index is 1.87. The monoisotopic (exact) mass is 334 g/mol. The molecule has 0 unspecified atom stereocenters. The third-order valence-corrected chi connectivity index (χ3v) is 4.41. The van der Waals surface area contributed by atoms with E-state index in [0.29, 0.717) is 5.92 Å². The van der Waals surface area contributed by atoms with Crippen molar-refractivity contribution in [3.8, 4) is 17.0 Å². The molecule has 130 valence electrons. The fraction of sp³-hybridized carbons (Fsp3) is 0.318. The molecule has 0 aliphatic heterocycles. The van der Waals surface area contributed by atoms with Crippen LogP contribution in [0, 0.1) is 5.92 Å². The van der Waals surface area contributed by atoms with Crippen molar-refractivity contribution >= 4 is 0 Å². The number of para-hydroxylation sites is 1. The number of benzene rings is 2. The number of nitrogens with zero attached hydrogens (tertiary/aromatic N) is 2. The van der Waals surface area contributed by atoms with E-state index in [1.165, 1.54) is 16.8 Å². The number of aromatic nitrogens is 2. The lowest BCUT2D eigenvalue weighted by atomic mass is 10.0. The molecule has 0 atom stereocenters. The highest BCUT2D eigenvalue weighted by atomic mass is 16.5. The van der Waals surface area contributed by atoms with Gasteiger partial charge in [-0.2, -0.15) is 0 Å². The second-order valence-electron chi connectivity index (χ2n) is 6.76. The minimum Gasteiger partial charge on any atom is -0.496 e. The first-order chi connectivity index (χ1) is 12.2. The molecule has 0 saturated carbocycles. The zero-order valence-electron chi connectivity index (χ0n) is 15.3. The van der Waals surface area contributed by atoms with Crippen LogP contribution in [0.25, 0.3) is 11.3 Å². The molecular formula is C22H26N2O. The Bertz CT molecular complexity index is 806. The maximum absolute atomic E-state index is 5.48. The maximum atomic E-state index is 5.48. The van der Waals surface area contributed by atoms with E-state index in [-0.39, 0.29) is 0 Å². The largest absolute Gasteiger partial charge is 0.496 e. The quantitative estimate of drug-likeness (QED) is 0.608. The Hall–Kier alpha value is -2.55. The molecule has 0 aliphatic carbocycles. The van der Waals surface area contributed by atoms with Gasteiger partial charge in [-0.05, 0) is 30.4 Å². The molecule has 25 heavy (non-hydrogen) atoms. The van der Waals surface area contributed by atoms with Crippen molar-refractivity contribution in [2.45, 2.75) is 33.2 Å². The van der Waals surface area contributed by atoms with Gasteiger partial charge >= 0.3 is 0 Å². The topological polar surface area (TPSA) is 27.1 Å². The van der Waals surface area contributed by atoms with Gasteiger partial charge in [0, 0.05) is 17.8 Å². The van der Waals surface area contributed by atoms with Crippen molar-refractivity contribution in [3.63, 3.8) is 0 Å². The molecule has 2 aromatic carbocycles. The lowest BCUT2D eigenvalue weighted by Crippen LogP contribution is -2.08. The molecule has 3 aromatic rings. The van der Waals surface area contributed by atoms with Crippen LogP contribution in [0.4, 0.5) is 0 Å². The Kier molecular flexibility index (Phi) is 5.54. The fourth-order valence-corrected chi connectivity index (χ4v) is 3.19. The summed E-state index contributed by atoms with van der Waals surface area (Å²) in [6, 6.07) is 18.7. The fourth-order valence-electron chi connectivity index (χ4n) is 3.19. The van der Waals surface area contributed by atoms with Gasteiger partial charge in [-0.15, -0.1) is 0 Å². The minimum atomic E-state index is 0.587. The van der Waals surface area contributed by atoms with Crippen LogP contribution in [-0.4, -0.2) is 16.7 Å². The van der Waals surface area contributed by atoms with E-state index in [9.17, 15) is 0 Å². The average Bonchev–Trinajstić information content (AvgIpc) is 3.02. The van der Waals surface area contributed by atoms with E-state index < -0.39 is 0 Å². The molecule has 1 aromatic heterocycles. The Labute approximate surface area is 150 Å². The summed E-state index contributed by atoms with van der Waals surface area (Å²) >= 11 is 0. The van der Waals surface area contributed by atoms with Gasteiger partial charge < -0.3 is 9.30 Å². The van der Waals surface area contributed by atoms with E-state index in [1.807, 2.05) is 24.5 Å². The predicted octanol–water partition coefficient (Wildman–Crippen LogP) is 5.00. The third-order valence-electron chi connectivity index (χ3n) is 4.41. The number of hydrogen-bond acceptors (Lipinski definition) is 2. The molecule has 0 fully saturated rings. The maximum Gasteiger partial charge on any atom is 0.122 e. The predicted molar refractivity (Wildman–Crippen MR) is 103 cm³/mol. The number of methoxy groups -OCH3 is 1. The molecule has 0 spiro atoms. The highest BCUT2D eigenvalue weighted by Gasteiger charge is 2.14. The van der Waals surface area contributed by atoms with Crippen molar-refractivity contribution in [3.05, 3.63) is 72.2 Å². The zero-order valence-corrected chi connectivity index (χ0v) is 15.3. The lowest BCUT2D eigenvalue weighted by molar-refractivity contribution is 0.408. The lowest BCUT2D eigenvalue weighted by Gasteiger charge is -2.13. The van der Waals surface area contributed by atoms with E-state index >= 15 is 0 Å². The van der Waals surface area contributed by atoms with Crippen molar-refractivity contribution in [2.75, 3.05) is 7.11 Å². The first-order valence-corrected chi connectivity index (χ1v) is 8.90. The van der Waals surface area contributed by atoms with Crippen LogP contribution in [-0.2, 0) is 19.4 Å². The van der Waals surface area contributed by atoms with E-state index in [0.717, 1.165) is 30.8 Å². The second-order valence-corrected chi connectivity index (χ2v) is 6.76. The number of rotatable bonds is 7. The van der Waals surface area contributed by atoms with E-state index in [4.69, 9.17) is 9.72 Å². The Morgan fingerprint density at radius 1 is 1.00 bits per heavy atom. The third kappa shape index (κ3) is 4.11. The van der Waals surface area contributed by atoms with Crippen LogP contribution in [0.15, 0.2) is 60.9 Å². The summed E-state index contributed by atoms with van der Waals surface area (Å²) in [5.41, 5.74) is 4.84. The zero-order chi connectivity index (χ0) is 17.6. The molecule has 0 bridgehead atoms. The van der Waals surface area contributed by atoms with Crippen LogP contribution >= 0.6 is 0 Å². The van der Waals surface area contributed by atoms with Crippen LogP contribution in [0.3, 0.4) is 0 Å². The van der Waals surface area contributed by atoms with E-state index in [2.05, 4.69) is 54.8 Å². The van der Waals surface area contributed by atoms with Gasteiger partial charge in [0.15, 0.2) is 0 Å². The van der Waals surface area contributed by atoms with Crippen LogP contribution in [0.1, 0.15) is 25.1 Å². The number of ether oxygens (including phenoxy) is 1.